The van der Waals surface area contributed by atoms with Crippen LogP contribution in [0.2, 0.25) is 28.2 Å². The normalized spacial score (nSPS) is 25.0. The number of carbonyl (C=O) groups is 1. The number of nitrogens with zero attached hydrogens (tertiary/aromatic N) is 4. The van der Waals surface area contributed by atoms with Crippen LogP contribution in [0.4, 0.5) is 0 Å². The molecule has 2 aromatic heterocycles. The molecule has 11 heteroatoms. The van der Waals surface area contributed by atoms with E-state index in [2.05, 4.69) is 85.4 Å². The number of rotatable bonds is 5. The van der Waals surface area contributed by atoms with E-state index in [1.807, 2.05) is 22.8 Å². The van der Waals surface area contributed by atoms with Gasteiger partial charge in [0, 0.05) is 21.2 Å². The zero-order valence-electron chi connectivity index (χ0n) is 26.9. The quantitative estimate of drug-likeness (QED) is 0.224. The van der Waals surface area contributed by atoms with E-state index in [1.54, 1.807) is 12.4 Å². The zero-order valence-corrected chi connectivity index (χ0v) is 28.9. The smallest absolute Gasteiger partial charge is 0.349 e. The average Bonchev–Trinajstić information content (AvgIpc) is 3.47. The van der Waals surface area contributed by atoms with Gasteiger partial charge in [0.25, 0.3) is 0 Å². The van der Waals surface area contributed by atoms with Crippen LogP contribution in [0.15, 0.2) is 36.9 Å². The van der Waals surface area contributed by atoms with E-state index in [0.717, 1.165) is 11.8 Å². The van der Waals surface area contributed by atoms with E-state index >= 15 is 0 Å². The standard InChI is InChI=1S/C31H46N4O5Si2/c1-29(2,3)41(10,11)39-26-25-22(17-37-42(40-25,30(4,5)6)31(7,8)9)38-28(26)35-19-34-24-23(32-18-33-27(24)35)21-14-12-13-20(15-21)16-36/h12-16,18-19,22,25-26,28H,17H2,1-11H3/t22-,25-,26-,28-/m1/s1. The number of hydrogen-bond donors (Lipinski definition) is 0. The summed E-state index contributed by atoms with van der Waals surface area (Å²) in [6, 6.07) is 7.35. The largest absolute Gasteiger partial charge is 0.407 e. The van der Waals surface area contributed by atoms with Crippen molar-refractivity contribution in [3.8, 4) is 11.3 Å². The summed E-state index contributed by atoms with van der Waals surface area (Å²) in [4.78, 5) is 25.4. The molecule has 0 spiro atoms. The third-order valence-corrected chi connectivity index (χ3v) is 18.8. The molecule has 2 aliphatic heterocycles. The third kappa shape index (κ3) is 5.11. The first-order valence-electron chi connectivity index (χ1n) is 14.8. The van der Waals surface area contributed by atoms with Crippen LogP contribution in [0.25, 0.3) is 22.4 Å². The second kappa shape index (κ2) is 10.4. The molecule has 2 fully saturated rings. The van der Waals surface area contributed by atoms with Crippen LogP contribution in [0.5, 0.6) is 0 Å². The Morgan fingerprint density at radius 3 is 2.33 bits per heavy atom. The Morgan fingerprint density at radius 2 is 1.71 bits per heavy atom. The van der Waals surface area contributed by atoms with Crippen molar-refractivity contribution in [1.29, 1.82) is 0 Å². The van der Waals surface area contributed by atoms with Crippen LogP contribution < -0.4 is 0 Å². The van der Waals surface area contributed by atoms with Gasteiger partial charge in [0.2, 0.25) is 0 Å². The number of hydrogen-bond acceptors (Lipinski definition) is 8. The highest BCUT2D eigenvalue weighted by molar-refractivity contribution is 6.74. The molecule has 5 rings (SSSR count). The van der Waals surface area contributed by atoms with Crippen LogP contribution in [0.3, 0.4) is 0 Å². The lowest BCUT2D eigenvalue weighted by Gasteiger charge is -2.54. The van der Waals surface area contributed by atoms with Crippen LogP contribution >= 0.6 is 0 Å². The number of fused-ring (bicyclic) bond motifs is 2. The van der Waals surface area contributed by atoms with Gasteiger partial charge in [-0.15, -0.1) is 0 Å². The van der Waals surface area contributed by atoms with Gasteiger partial charge in [0.15, 0.2) is 20.2 Å². The summed E-state index contributed by atoms with van der Waals surface area (Å²) in [7, 11) is -5.05. The van der Waals surface area contributed by atoms with Crippen molar-refractivity contribution in [3.63, 3.8) is 0 Å². The molecule has 0 saturated carbocycles. The second-order valence-electron chi connectivity index (χ2n) is 15.2. The monoisotopic (exact) mass is 610 g/mol. The minimum Gasteiger partial charge on any atom is -0.407 e. The van der Waals surface area contributed by atoms with Gasteiger partial charge >= 0.3 is 8.56 Å². The van der Waals surface area contributed by atoms with E-state index in [9.17, 15) is 4.79 Å². The molecule has 0 unspecified atom stereocenters. The predicted octanol–water partition coefficient (Wildman–Crippen LogP) is 7.05. The summed E-state index contributed by atoms with van der Waals surface area (Å²) in [5.41, 5.74) is 3.31. The van der Waals surface area contributed by atoms with E-state index in [0.29, 0.717) is 29.0 Å². The molecule has 9 nitrogen and oxygen atoms in total. The summed E-state index contributed by atoms with van der Waals surface area (Å²) >= 11 is 0. The van der Waals surface area contributed by atoms with Crippen molar-refractivity contribution < 1.29 is 22.8 Å². The van der Waals surface area contributed by atoms with Crippen molar-refractivity contribution in [2.75, 3.05) is 6.61 Å². The number of imidazole rings is 1. The van der Waals surface area contributed by atoms with Gasteiger partial charge in [0.05, 0.1) is 12.9 Å². The molecular weight excluding hydrogens is 565 g/mol. The molecular formula is C31H46N4O5Si2. The van der Waals surface area contributed by atoms with Gasteiger partial charge in [-0.05, 0) is 24.2 Å². The lowest BCUT2D eigenvalue weighted by atomic mass is 10.1. The predicted molar refractivity (Wildman–Crippen MR) is 168 cm³/mol. The molecule has 0 aliphatic carbocycles. The van der Waals surface area contributed by atoms with E-state index in [4.69, 9.17) is 23.0 Å². The average molecular weight is 611 g/mol. The maximum Gasteiger partial charge on any atom is 0.349 e. The van der Waals surface area contributed by atoms with Crippen molar-refractivity contribution >= 4 is 34.3 Å². The van der Waals surface area contributed by atoms with Crippen LogP contribution in [-0.2, 0) is 18.0 Å². The number of benzene rings is 1. The maximum absolute atomic E-state index is 11.4. The molecule has 0 bridgehead atoms. The summed E-state index contributed by atoms with van der Waals surface area (Å²) < 4.78 is 30.0. The number of ether oxygens (including phenoxy) is 1. The highest BCUT2D eigenvalue weighted by atomic mass is 28.4. The molecule has 4 heterocycles. The fraction of sp³-hybridized carbons (Fsp3) is 0.613. The molecule has 0 radical (unpaired) electrons. The molecule has 42 heavy (non-hydrogen) atoms. The fourth-order valence-electron chi connectivity index (χ4n) is 6.20. The van der Waals surface area contributed by atoms with Gasteiger partial charge in [-0.25, -0.2) is 15.0 Å². The third-order valence-electron chi connectivity index (χ3n) is 9.18. The van der Waals surface area contributed by atoms with E-state index in [1.165, 1.54) is 6.33 Å². The SMILES string of the molecule is CC(C)(C)[Si](C)(C)O[C@@H]1[C@@H]2O[Si](C(C)(C)C)(C(C)(C)C)OC[C@H]2O[C@H]1n1cnc2c(-c3cccc(C=O)c3)ncnc21. The van der Waals surface area contributed by atoms with Crippen LogP contribution in [-0.4, -0.2) is 67.6 Å². The first-order chi connectivity index (χ1) is 19.4. The molecule has 3 aromatic rings. The Kier molecular flexibility index (Phi) is 7.72. The number of aldehydes is 1. The zero-order chi connectivity index (χ0) is 30.9. The van der Waals surface area contributed by atoms with Gasteiger partial charge < -0.3 is 18.0 Å². The van der Waals surface area contributed by atoms with Crippen molar-refractivity contribution in [2.24, 2.45) is 0 Å². The highest BCUT2D eigenvalue weighted by Gasteiger charge is 2.66. The summed E-state index contributed by atoms with van der Waals surface area (Å²) in [6.45, 7) is 25.1. The van der Waals surface area contributed by atoms with E-state index < -0.39 is 23.1 Å². The summed E-state index contributed by atoms with van der Waals surface area (Å²) in [5.74, 6) is 0. The fourth-order valence-corrected chi connectivity index (χ4v) is 12.4. The molecule has 228 valence electrons. The van der Waals surface area contributed by atoms with Crippen LogP contribution in [0, 0.1) is 0 Å². The maximum atomic E-state index is 11.4. The lowest BCUT2D eigenvalue weighted by molar-refractivity contribution is -0.0795. The van der Waals surface area contributed by atoms with Gasteiger partial charge in [-0.2, -0.15) is 0 Å². The summed E-state index contributed by atoms with van der Waals surface area (Å²) in [6.07, 6.45) is 2.63. The Balaban J connectivity index is 1.61. The highest BCUT2D eigenvalue weighted by Crippen LogP contribution is 2.56. The van der Waals surface area contributed by atoms with Crippen molar-refractivity contribution in [2.45, 2.75) is 115 Å². The number of aromatic nitrogens is 4. The number of carbonyl (C=O) groups excluding carboxylic acids is 1. The Morgan fingerprint density at radius 1 is 1.02 bits per heavy atom. The van der Waals surface area contributed by atoms with Crippen molar-refractivity contribution in [1.82, 2.24) is 19.5 Å². The Bertz CT molecular complexity index is 1460. The lowest BCUT2D eigenvalue weighted by Crippen LogP contribution is -2.66. The first-order valence-corrected chi connectivity index (χ1v) is 19.5. The van der Waals surface area contributed by atoms with Gasteiger partial charge in [0.1, 0.15) is 42.1 Å². The molecule has 0 N–H and O–H groups in total. The molecule has 2 aliphatic rings. The van der Waals surface area contributed by atoms with E-state index in [-0.39, 0.29) is 33.4 Å². The minimum absolute atomic E-state index is 0.0146. The van der Waals surface area contributed by atoms with Crippen molar-refractivity contribution in [3.05, 3.63) is 42.5 Å². The topological polar surface area (TPSA) is 97.6 Å². The van der Waals surface area contributed by atoms with Gasteiger partial charge in [-0.1, -0.05) is 80.5 Å². The first kappa shape index (κ1) is 31.1. The summed E-state index contributed by atoms with van der Waals surface area (Å²) in [5, 5.41) is -0.356. The Labute approximate surface area is 251 Å². The molecule has 4 atom stereocenters. The minimum atomic E-state index is -2.79. The second-order valence-corrected chi connectivity index (χ2v) is 24.7. The van der Waals surface area contributed by atoms with Gasteiger partial charge in [-0.3, -0.25) is 9.36 Å². The Hall–Kier alpha value is -2.29. The molecule has 2 saturated heterocycles. The van der Waals surface area contributed by atoms with Crippen LogP contribution in [0.1, 0.15) is 78.9 Å². The molecule has 0 amide bonds. The molecule has 1 aromatic carbocycles.